The molecular formula is C11H12F5NO. The predicted octanol–water partition coefficient (Wildman–Crippen LogP) is 2.64. The number of benzene rings is 1. The molecule has 1 aromatic carbocycles. The minimum absolute atomic E-state index is 0.0661. The van der Waals surface area contributed by atoms with Crippen LogP contribution in [0.25, 0.3) is 0 Å². The lowest BCUT2D eigenvalue weighted by Gasteiger charge is -2.15. The standard InChI is InChI=1S/C11H12F5NO/c12-10(13)8-3-1-7(2-4-8)5-17-6-9(18)11(14,15)16/h1-4,9-10,17-18H,5-6H2. The third-order valence-corrected chi connectivity index (χ3v) is 2.28. The minimum atomic E-state index is -4.66. The third kappa shape index (κ3) is 4.58. The van der Waals surface area contributed by atoms with Crippen molar-refractivity contribution in [2.24, 2.45) is 0 Å². The van der Waals surface area contributed by atoms with E-state index in [1.165, 1.54) is 24.3 Å². The quantitative estimate of drug-likeness (QED) is 0.805. The molecule has 102 valence electrons. The minimum Gasteiger partial charge on any atom is -0.382 e. The molecule has 1 atom stereocenters. The SMILES string of the molecule is OC(CNCc1ccc(C(F)F)cc1)C(F)(F)F. The zero-order valence-corrected chi connectivity index (χ0v) is 9.22. The Morgan fingerprint density at radius 1 is 1.11 bits per heavy atom. The summed E-state index contributed by atoms with van der Waals surface area (Å²) < 4.78 is 60.3. The fraction of sp³-hybridized carbons (Fsp3) is 0.455. The van der Waals surface area contributed by atoms with E-state index in [2.05, 4.69) is 5.32 Å². The van der Waals surface area contributed by atoms with Crippen LogP contribution in [0.1, 0.15) is 17.6 Å². The molecule has 0 amide bonds. The number of alkyl halides is 5. The lowest BCUT2D eigenvalue weighted by Crippen LogP contribution is -2.38. The Labute approximate surface area is 100 Å². The van der Waals surface area contributed by atoms with Crippen molar-refractivity contribution in [3.05, 3.63) is 35.4 Å². The average molecular weight is 269 g/mol. The second kappa shape index (κ2) is 6.10. The number of nitrogens with one attached hydrogen (secondary N) is 1. The van der Waals surface area contributed by atoms with Gasteiger partial charge in [0.25, 0.3) is 6.43 Å². The first-order valence-electron chi connectivity index (χ1n) is 5.13. The Kier molecular flexibility index (Phi) is 5.03. The summed E-state index contributed by atoms with van der Waals surface area (Å²) in [5, 5.41) is 11.1. The lowest BCUT2D eigenvalue weighted by molar-refractivity contribution is -0.201. The van der Waals surface area contributed by atoms with Crippen molar-refractivity contribution < 1.29 is 27.1 Å². The van der Waals surface area contributed by atoms with E-state index in [-0.39, 0.29) is 12.1 Å². The van der Waals surface area contributed by atoms with Gasteiger partial charge in [0, 0.05) is 18.7 Å². The molecule has 2 nitrogen and oxygen atoms in total. The van der Waals surface area contributed by atoms with Crippen molar-refractivity contribution >= 4 is 0 Å². The van der Waals surface area contributed by atoms with Crippen LogP contribution in [-0.2, 0) is 6.54 Å². The molecule has 0 radical (unpaired) electrons. The van der Waals surface area contributed by atoms with Crippen LogP contribution in [0.2, 0.25) is 0 Å². The van der Waals surface area contributed by atoms with Gasteiger partial charge in [-0.25, -0.2) is 8.78 Å². The van der Waals surface area contributed by atoms with Crippen LogP contribution in [0.3, 0.4) is 0 Å². The predicted molar refractivity (Wildman–Crippen MR) is 55.2 cm³/mol. The zero-order valence-electron chi connectivity index (χ0n) is 9.22. The maximum Gasteiger partial charge on any atom is 0.415 e. The van der Waals surface area contributed by atoms with Crippen molar-refractivity contribution in [1.29, 1.82) is 0 Å². The smallest absolute Gasteiger partial charge is 0.382 e. The molecule has 1 rings (SSSR count). The molecule has 0 saturated carbocycles. The Morgan fingerprint density at radius 2 is 1.67 bits per heavy atom. The van der Waals surface area contributed by atoms with Crippen molar-refractivity contribution in [3.63, 3.8) is 0 Å². The molecule has 0 aromatic heterocycles. The highest BCUT2D eigenvalue weighted by atomic mass is 19.4. The molecule has 0 saturated heterocycles. The zero-order chi connectivity index (χ0) is 13.8. The van der Waals surface area contributed by atoms with Gasteiger partial charge in [0.2, 0.25) is 0 Å². The third-order valence-electron chi connectivity index (χ3n) is 2.28. The number of aliphatic hydroxyl groups is 1. The lowest BCUT2D eigenvalue weighted by atomic mass is 10.1. The maximum atomic E-state index is 12.2. The van der Waals surface area contributed by atoms with E-state index in [1.807, 2.05) is 0 Å². The van der Waals surface area contributed by atoms with E-state index in [0.717, 1.165) is 0 Å². The van der Waals surface area contributed by atoms with Gasteiger partial charge in [-0.05, 0) is 5.56 Å². The number of rotatable bonds is 5. The van der Waals surface area contributed by atoms with Gasteiger partial charge in [0.15, 0.2) is 6.10 Å². The summed E-state index contributed by atoms with van der Waals surface area (Å²) >= 11 is 0. The average Bonchev–Trinajstić information content (AvgIpc) is 2.28. The summed E-state index contributed by atoms with van der Waals surface area (Å²) in [5.41, 5.74) is 0.419. The topological polar surface area (TPSA) is 32.3 Å². The Bertz CT molecular complexity index is 363. The van der Waals surface area contributed by atoms with E-state index in [0.29, 0.717) is 5.56 Å². The summed E-state index contributed by atoms with van der Waals surface area (Å²) in [5.74, 6) is 0. The van der Waals surface area contributed by atoms with Crippen LogP contribution in [0.5, 0.6) is 0 Å². The summed E-state index contributed by atoms with van der Waals surface area (Å²) in [6.07, 6.45) is -9.66. The van der Waals surface area contributed by atoms with E-state index in [4.69, 9.17) is 5.11 Å². The fourth-order valence-electron chi connectivity index (χ4n) is 1.25. The molecular weight excluding hydrogens is 257 g/mol. The van der Waals surface area contributed by atoms with Gasteiger partial charge in [-0.15, -0.1) is 0 Å². The molecule has 0 heterocycles. The number of aliphatic hydroxyl groups excluding tert-OH is 1. The van der Waals surface area contributed by atoms with Crippen LogP contribution >= 0.6 is 0 Å². The molecule has 1 aromatic rings. The first-order chi connectivity index (χ1) is 8.30. The van der Waals surface area contributed by atoms with Gasteiger partial charge in [-0.2, -0.15) is 13.2 Å². The van der Waals surface area contributed by atoms with Gasteiger partial charge in [0.1, 0.15) is 0 Å². The molecule has 0 fully saturated rings. The van der Waals surface area contributed by atoms with Gasteiger partial charge in [-0.1, -0.05) is 24.3 Å². The second-order valence-corrected chi connectivity index (χ2v) is 3.73. The summed E-state index contributed by atoms with van der Waals surface area (Å²) in [4.78, 5) is 0. The Balaban J connectivity index is 2.40. The van der Waals surface area contributed by atoms with Crippen LogP contribution in [0.4, 0.5) is 22.0 Å². The van der Waals surface area contributed by atoms with Gasteiger partial charge in [0.05, 0.1) is 0 Å². The van der Waals surface area contributed by atoms with Gasteiger partial charge >= 0.3 is 6.18 Å². The van der Waals surface area contributed by atoms with Crippen LogP contribution in [0, 0.1) is 0 Å². The second-order valence-electron chi connectivity index (χ2n) is 3.73. The first-order valence-corrected chi connectivity index (χ1v) is 5.13. The van der Waals surface area contributed by atoms with E-state index in [1.54, 1.807) is 0 Å². The number of hydrogen-bond donors (Lipinski definition) is 2. The van der Waals surface area contributed by atoms with E-state index >= 15 is 0 Å². The summed E-state index contributed by atoms with van der Waals surface area (Å²) in [7, 11) is 0. The summed E-state index contributed by atoms with van der Waals surface area (Å²) in [6, 6.07) is 5.21. The molecule has 2 N–H and O–H groups in total. The van der Waals surface area contributed by atoms with Crippen LogP contribution in [-0.4, -0.2) is 23.9 Å². The molecule has 18 heavy (non-hydrogen) atoms. The summed E-state index contributed by atoms with van der Waals surface area (Å²) in [6.45, 7) is -0.573. The Hall–Kier alpha value is -1.21. The van der Waals surface area contributed by atoms with Crippen LogP contribution in [0.15, 0.2) is 24.3 Å². The normalized spacial score (nSPS) is 13.9. The van der Waals surface area contributed by atoms with Crippen molar-refractivity contribution in [2.45, 2.75) is 25.3 Å². The van der Waals surface area contributed by atoms with Crippen LogP contribution < -0.4 is 5.32 Å². The maximum absolute atomic E-state index is 12.2. The molecule has 0 spiro atoms. The van der Waals surface area contributed by atoms with Gasteiger partial charge < -0.3 is 10.4 Å². The Morgan fingerprint density at radius 3 is 2.11 bits per heavy atom. The largest absolute Gasteiger partial charge is 0.415 e. The molecule has 0 bridgehead atoms. The highest BCUT2D eigenvalue weighted by Gasteiger charge is 2.37. The van der Waals surface area contributed by atoms with Crippen molar-refractivity contribution in [2.75, 3.05) is 6.54 Å². The van der Waals surface area contributed by atoms with Crippen molar-refractivity contribution in [3.8, 4) is 0 Å². The molecule has 7 heteroatoms. The molecule has 0 aliphatic rings. The highest BCUT2D eigenvalue weighted by molar-refractivity contribution is 5.23. The number of hydrogen-bond acceptors (Lipinski definition) is 2. The van der Waals surface area contributed by atoms with E-state index < -0.39 is 25.3 Å². The highest BCUT2D eigenvalue weighted by Crippen LogP contribution is 2.20. The molecule has 0 aliphatic heterocycles. The van der Waals surface area contributed by atoms with E-state index in [9.17, 15) is 22.0 Å². The first kappa shape index (κ1) is 14.8. The monoisotopic (exact) mass is 269 g/mol. The van der Waals surface area contributed by atoms with Crippen molar-refractivity contribution in [1.82, 2.24) is 5.32 Å². The van der Waals surface area contributed by atoms with Gasteiger partial charge in [-0.3, -0.25) is 0 Å². The number of halogens is 5. The fourth-order valence-corrected chi connectivity index (χ4v) is 1.25. The molecule has 0 aliphatic carbocycles. The molecule has 1 unspecified atom stereocenters.